The number of unbranched alkanes of at least 4 members (excludes halogenated alkanes) is 13. The minimum atomic E-state index is -0.420. The van der Waals surface area contributed by atoms with Crippen LogP contribution in [0.1, 0.15) is 182 Å². The maximum absolute atomic E-state index is 13.5. The average molecular weight is 1600 g/mol. The van der Waals surface area contributed by atoms with E-state index in [9.17, 15) is 65.0 Å². The molecule has 5 aromatic rings. The fourth-order valence-electron chi connectivity index (χ4n) is 12.3. The number of aromatic hydroxyl groups is 3. The summed E-state index contributed by atoms with van der Waals surface area (Å²) in [6, 6.07) is 30.2. The second-order valence-electron chi connectivity index (χ2n) is 30.0. The zero-order valence-electron chi connectivity index (χ0n) is 70.1. The number of phenolic OH excluding ortho intramolecular Hbond substituents is 3. The fourth-order valence-corrected chi connectivity index (χ4v) is 12.3. The SMILES string of the molecule is CC(O)CN(CCCCCCCCOc1ccc(O)cc1)CC(C)O.CC(O)CN(CCCCCCOc1ccc(O)cc1)CC(C)O.CC(O)CN(CCCCCCOc1ccccc1O)CC(C)O.Cc1ccc(F)c(OCCCCN(CC(C)O)CC(C)O)c1.Cc1ccc(F)c(OCCCCN(CCO)CCO)c1. The van der Waals surface area contributed by atoms with Gasteiger partial charge in [-0.3, -0.25) is 24.5 Å². The third-order valence-electron chi connectivity index (χ3n) is 17.4. The number of aliphatic hydroxyl groups is 10. The first kappa shape index (κ1) is 105. The van der Waals surface area contributed by atoms with Crippen molar-refractivity contribution in [2.45, 2.75) is 234 Å². The van der Waals surface area contributed by atoms with E-state index in [1.54, 1.807) is 146 Å². The Morgan fingerprint density at radius 1 is 0.283 bits per heavy atom. The highest BCUT2D eigenvalue weighted by atomic mass is 19.1. The van der Waals surface area contributed by atoms with Gasteiger partial charge in [-0.15, -0.1) is 0 Å². The number of para-hydroxylation sites is 2. The molecular weight excluding hydrogens is 1450 g/mol. The first-order valence-corrected chi connectivity index (χ1v) is 41.3. The number of aryl methyl sites for hydroxylation is 2. The first-order valence-electron chi connectivity index (χ1n) is 41.3. The molecule has 5 rings (SSSR count). The van der Waals surface area contributed by atoms with Crippen LogP contribution in [0.3, 0.4) is 0 Å². The lowest BCUT2D eigenvalue weighted by Gasteiger charge is -2.24. The van der Waals surface area contributed by atoms with Gasteiger partial charge in [-0.1, -0.05) is 75.6 Å². The summed E-state index contributed by atoms with van der Waals surface area (Å²) < 4.78 is 54.6. The molecule has 8 unspecified atom stereocenters. The number of aliphatic hydroxyl groups excluding tert-OH is 10. The summed E-state index contributed by atoms with van der Waals surface area (Å²) in [5.74, 6) is 2.72. The van der Waals surface area contributed by atoms with E-state index in [1.807, 2.05) is 29.7 Å². The van der Waals surface area contributed by atoms with Crippen LogP contribution in [0.5, 0.6) is 46.0 Å². The third-order valence-corrected chi connectivity index (χ3v) is 17.4. The molecular formula is C88H149F2N5O18. The molecule has 0 spiro atoms. The van der Waals surface area contributed by atoms with Gasteiger partial charge in [-0.05, 0) is 262 Å². The van der Waals surface area contributed by atoms with Gasteiger partial charge in [0.2, 0.25) is 0 Å². The van der Waals surface area contributed by atoms with Crippen LogP contribution in [0.2, 0.25) is 0 Å². The van der Waals surface area contributed by atoms with Gasteiger partial charge < -0.3 is 90.1 Å². The molecule has 0 saturated heterocycles. The Labute approximate surface area is 676 Å². The minimum Gasteiger partial charge on any atom is -0.508 e. The molecule has 0 fully saturated rings. The molecule has 0 aliphatic rings. The molecule has 0 aromatic heterocycles. The zero-order valence-corrected chi connectivity index (χ0v) is 70.1. The standard InChI is InChI=1S/C20H35NO4.2C18H31NO4.C17H28FNO3.C15H24FNO3/c1-17(22)15-21(16-18(2)23)13-7-5-3-4-6-8-14-25-20-11-9-19(24)10-12-20;1-15(20)13-19(14-16(2)21)11-7-3-4-8-12-23-18-10-6-5-9-17(18)22;1-15(20)13-19(14-16(2)21)11-5-3-4-6-12-23-18-9-7-17(22)8-10-18;1-13-6-7-16(18)17(10-13)22-9-5-4-8-19(11-14(2)20)12-15(3)21;1-13-4-5-14(16)15(12-13)20-11-3-2-6-17(7-9-18)8-10-19/h9-12,17-18,22-24H,3-8,13-16H2,1-2H3;5-6,9-10,15-16,20-22H,3-4,7-8,11-14H2,1-2H3;7-10,15-16,20-22H,3-6,11-14H2,1-2H3;6-7,10,14-15,20-21H,4-5,8-9,11-12H2,1-3H3;4-5,12,18-19H,2-3,6-11H2,1H3. The van der Waals surface area contributed by atoms with Crippen molar-refractivity contribution in [2.75, 3.05) is 144 Å². The number of hydrogen-bond acceptors (Lipinski definition) is 23. The molecule has 0 heterocycles. The van der Waals surface area contributed by atoms with Gasteiger partial charge in [0.15, 0.2) is 34.6 Å². The Bertz CT molecular complexity index is 2970. The van der Waals surface area contributed by atoms with Gasteiger partial charge in [0.25, 0.3) is 0 Å². The van der Waals surface area contributed by atoms with E-state index in [-0.39, 0.29) is 78.7 Å². The molecule has 5 aromatic carbocycles. The molecule has 23 nitrogen and oxygen atoms in total. The number of rotatable bonds is 58. The van der Waals surface area contributed by atoms with Gasteiger partial charge in [0.05, 0.1) is 95.1 Å². The van der Waals surface area contributed by atoms with E-state index in [1.165, 1.54) is 31.4 Å². The molecule has 0 aliphatic carbocycles. The second-order valence-corrected chi connectivity index (χ2v) is 30.0. The number of nitrogens with zero attached hydrogens (tertiary/aromatic N) is 5. The van der Waals surface area contributed by atoms with Gasteiger partial charge in [0, 0.05) is 65.4 Å². The maximum Gasteiger partial charge on any atom is 0.165 e. The highest BCUT2D eigenvalue weighted by Crippen LogP contribution is 2.26. The zero-order chi connectivity index (χ0) is 84.0. The van der Waals surface area contributed by atoms with E-state index in [4.69, 9.17) is 33.9 Å². The topological polar surface area (TPSA) is 325 Å². The molecule has 25 heteroatoms. The van der Waals surface area contributed by atoms with Gasteiger partial charge in [0.1, 0.15) is 23.0 Å². The number of benzene rings is 5. The highest BCUT2D eigenvalue weighted by Gasteiger charge is 2.16. The minimum absolute atomic E-state index is 0.0883. The summed E-state index contributed by atoms with van der Waals surface area (Å²) in [6.07, 6.45) is 15.6. The summed E-state index contributed by atoms with van der Waals surface area (Å²) in [4.78, 5) is 10.4. The van der Waals surface area contributed by atoms with Crippen LogP contribution in [0, 0.1) is 25.5 Å². The van der Waals surface area contributed by atoms with E-state index in [0.717, 1.165) is 152 Å². The van der Waals surface area contributed by atoms with Crippen LogP contribution in [-0.2, 0) is 0 Å². The number of ether oxygens (including phenoxy) is 5. The van der Waals surface area contributed by atoms with Crippen LogP contribution < -0.4 is 23.7 Å². The molecule has 648 valence electrons. The molecule has 13 N–H and O–H groups in total. The molecule has 0 amide bonds. The van der Waals surface area contributed by atoms with Crippen molar-refractivity contribution < 1.29 is 98.9 Å². The van der Waals surface area contributed by atoms with Crippen molar-refractivity contribution in [3.05, 3.63) is 132 Å². The Hall–Kier alpha value is -6.24. The normalized spacial score (nSPS) is 13.4. The average Bonchev–Trinajstić information content (AvgIpc) is 0.902. The summed E-state index contributed by atoms with van der Waals surface area (Å²) in [7, 11) is 0. The predicted molar refractivity (Wildman–Crippen MR) is 447 cm³/mol. The van der Waals surface area contributed by atoms with E-state index in [2.05, 4.69) is 14.7 Å². The van der Waals surface area contributed by atoms with Crippen molar-refractivity contribution >= 4 is 0 Å². The quantitative estimate of drug-likeness (QED) is 0.0161. The van der Waals surface area contributed by atoms with E-state index < -0.39 is 12.2 Å². The second kappa shape index (κ2) is 66.9. The number of hydrogen-bond donors (Lipinski definition) is 13. The summed E-state index contributed by atoms with van der Waals surface area (Å²) in [5.41, 5.74) is 1.94. The lowest BCUT2D eigenvalue weighted by Crippen LogP contribution is -2.37. The van der Waals surface area contributed by atoms with Crippen LogP contribution in [0.4, 0.5) is 8.78 Å². The fraction of sp³-hybridized carbons (Fsp3) is 0.659. The van der Waals surface area contributed by atoms with Crippen molar-refractivity contribution in [2.24, 2.45) is 0 Å². The maximum atomic E-state index is 13.5. The van der Waals surface area contributed by atoms with Crippen LogP contribution in [-0.4, -0.2) is 284 Å². The van der Waals surface area contributed by atoms with Crippen molar-refractivity contribution in [3.63, 3.8) is 0 Å². The predicted octanol–water partition coefficient (Wildman–Crippen LogP) is 11.9. The Balaban J connectivity index is 0.000000707. The van der Waals surface area contributed by atoms with Crippen molar-refractivity contribution in [3.8, 4) is 46.0 Å². The largest absolute Gasteiger partial charge is 0.508 e. The molecule has 0 bridgehead atoms. The molecule has 8 atom stereocenters. The van der Waals surface area contributed by atoms with Gasteiger partial charge >= 0.3 is 0 Å². The number of halogens is 2. The van der Waals surface area contributed by atoms with Gasteiger partial charge in [-0.25, -0.2) is 8.78 Å². The van der Waals surface area contributed by atoms with Gasteiger partial charge in [-0.2, -0.15) is 0 Å². The smallest absolute Gasteiger partial charge is 0.165 e. The Kier molecular flexibility index (Phi) is 62.0. The summed E-state index contributed by atoms with van der Waals surface area (Å²) in [6.45, 7) is 31.2. The number of phenols is 3. The molecule has 0 saturated carbocycles. The van der Waals surface area contributed by atoms with Crippen molar-refractivity contribution in [1.29, 1.82) is 0 Å². The van der Waals surface area contributed by atoms with Crippen LogP contribution in [0.25, 0.3) is 0 Å². The van der Waals surface area contributed by atoms with Crippen LogP contribution in [0.15, 0.2) is 109 Å². The van der Waals surface area contributed by atoms with E-state index in [0.29, 0.717) is 116 Å². The summed E-state index contributed by atoms with van der Waals surface area (Å²) >= 11 is 0. The Morgan fingerprint density at radius 3 is 0.823 bits per heavy atom. The summed E-state index contributed by atoms with van der Waals surface area (Å²) in [5, 5.41) is 122. The molecule has 0 aliphatic heterocycles. The van der Waals surface area contributed by atoms with Crippen LogP contribution >= 0.6 is 0 Å². The molecule has 113 heavy (non-hydrogen) atoms. The first-order chi connectivity index (χ1) is 54.0. The van der Waals surface area contributed by atoms with E-state index >= 15 is 0 Å². The molecule has 0 radical (unpaired) electrons. The lowest BCUT2D eigenvalue weighted by atomic mass is 10.1. The Morgan fingerprint density at radius 2 is 0.531 bits per heavy atom. The van der Waals surface area contributed by atoms with Crippen molar-refractivity contribution in [1.82, 2.24) is 24.5 Å². The highest BCUT2D eigenvalue weighted by molar-refractivity contribution is 5.38. The third kappa shape index (κ3) is 60.9. The lowest BCUT2D eigenvalue weighted by molar-refractivity contribution is 0.0814. The monoisotopic (exact) mass is 1600 g/mol.